The van der Waals surface area contributed by atoms with Crippen LogP contribution in [-0.2, 0) is 0 Å². The SMILES string of the molecule is COc1cc(O)c(C(=O)c2ccccc2)c(OC)c1.Cl.ClCCN(CCCl)CCCl. The molecule has 30 heavy (non-hydrogen) atoms. The number of methoxy groups -OCH3 is 2. The number of nitrogens with zero attached hydrogens (tertiary/aromatic N) is 1. The smallest absolute Gasteiger partial charge is 0.200 e. The van der Waals surface area contributed by atoms with Crippen LogP contribution in [-0.4, -0.2) is 67.3 Å². The van der Waals surface area contributed by atoms with Crippen LogP contribution in [0.2, 0.25) is 0 Å². The molecule has 0 aliphatic carbocycles. The average Bonchev–Trinajstić information content (AvgIpc) is 2.74. The lowest BCUT2D eigenvalue weighted by Gasteiger charge is -2.17. The van der Waals surface area contributed by atoms with Gasteiger partial charge in [-0.05, 0) is 0 Å². The van der Waals surface area contributed by atoms with Crippen molar-refractivity contribution in [3.8, 4) is 17.2 Å². The molecule has 0 saturated heterocycles. The van der Waals surface area contributed by atoms with Crippen LogP contribution < -0.4 is 9.47 Å². The Bertz CT molecular complexity index is 733. The van der Waals surface area contributed by atoms with Gasteiger partial charge >= 0.3 is 0 Å². The predicted octanol–water partition coefficient (Wildman–Crippen LogP) is 5.07. The number of ketones is 1. The molecule has 1 N–H and O–H groups in total. The van der Waals surface area contributed by atoms with Gasteiger partial charge in [0.25, 0.3) is 0 Å². The maximum Gasteiger partial charge on any atom is 0.200 e. The third kappa shape index (κ3) is 9.19. The predicted molar refractivity (Wildman–Crippen MR) is 127 cm³/mol. The van der Waals surface area contributed by atoms with Crippen molar-refractivity contribution in [1.82, 2.24) is 4.90 Å². The fourth-order valence-corrected chi connectivity index (χ4v) is 3.23. The fraction of sp³-hybridized carbons (Fsp3) is 0.381. The Labute approximate surface area is 199 Å². The van der Waals surface area contributed by atoms with E-state index in [2.05, 4.69) is 4.90 Å². The Morgan fingerprint density at radius 3 is 1.90 bits per heavy atom. The molecule has 0 spiro atoms. The highest BCUT2D eigenvalue weighted by molar-refractivity contribution is 6.18. The molecule has 0 amide bonds. The molecule has 5 nitrogen and oxygen atoms in total. The highest BCUT2D eigenvalue weighted by Gasteiger charge is 2.20. The molecule has 2 aromatic rings. The summed E-state index contributed by atoms with van der Waals surface area (Å²) in [6.07, 6.45) is 0. The third-order valence-corrected chi connectivity index (χ3v) is 4.48. The Morgan fingerprint density at radius 2 is 1.47 bits per heavy atom. The summed E-state index contributed by atoms with van der Waals surface area (Å²) in [7, 11) is 2.92. The maximum absolute atomic E-state index is 12.4. The summed E-state index contributed by atoms with van der Waals surface area (Å²) in [4.78, 5) is 14.5. The van der Waals surface area contributed by atoms with Gasteiger partial charge in [0, 0.05) is 55.0 Å². The molecular formula is C21H27Cl4NO4. The van der Waals surface area contributed by atoms with Crippen LogP contribution in [0.25, 0.3) is 0 Å². The zero-order chi connectivity index (χ0) is 21.6. The van der Waals surface area contributed by atoms with Crippen molar-refractivity contribution < 1.29 is 19.4 Å². The summed E-state index contributed by atoms with van der Waals surface area (Å²) >= 11 is 16.6. The summed E-state index contributed by atoms with van der Waals surface area (Å²) in [5.41, 5.74) is 0.621. The van der Waals surface area contributed by atoms with E-state index >= 15 is 0 Å². The number of ether oxygens (including phenoxy) is 2. The highest BCUT2D eigenvalue weighted by atomic mass is 35.5. The summed E-state index contributed by atoms with van der Waals surface area (Å²) < 4.78 is 10.2. The van der Waals surface area contributed by atoms with Crippen molar-refractivity contribution in [2.45, 2.75) is 0 Å². The van der Waals surface area contributed by atoms with E-state index in [9.17, 15) is 9.90 Å². The minimum atomic E-state index is -0.294. The topological polar surface area (TPSA) is 59.0 Å². The first-order chi connectivity index (χ1) is 14.0. The standard InChI is InChI=1S/C15H14O4.C6H12Cl3N.ClH/c1-18-11-8-12(16)14(13(9-11)19-2)15(17)10-6-4-3-5-7-10;7-1-4-10(5-2-8)6-3-9;/h3-9,16H,1-2H3;1-6H2;1H. The van der Waals surface area contributed by atoms with Crippen LogP contribution in [0.3, 0.4) is 0 Å². The van der Waals surface area contributed by atoms with E-state index in [4.69, 9.17) is 44.3 Å². The van der Waals surface area contributed by atoms with Gasteiger partial charge in [0.05, 0.1) is 14.2 Å². The maximum atomic E-state index is 12.4. The van der Waals surface area contributed by atoms with Crippen LogP contribution in [0, 0.1) is 0 Å². The van der Waals surface area contributed by atoms with E-state index in [-0.39, 0.29) is 35.3 Å². The summed E-state index contributed by atoms with van der Waals surface area (Å²) in [6.45, 7) is 2.63. The van der Waals surface area contributed by atoms with E-state index < -0.39 is 0 Å². The zero-order valence-corrected chi connectivity index (χ0v) is 20.0. The molecule has 0 saturated carbocycles. The molecule has 0 aliphatic rings. The van der Waals surface area contributed by atoms with Gasteiger partial charge in [0.1, 0.15) is 22.8 Å². The van der Waals surface area contributed by atoms with Crippen molar-refractivity contribution in [2.24, 2.45) is 0 Å². The molecule has 0 fully saturated rings. The number of alkyl halides is 3. The van der Waals surface area contributed by atoms with E-state index in [1.807, 2.05) is 6.07 Å². The first-order valence-electron chi connectivity index (χ1n) is 8.97. The fourth-order valence-electron chi connectivity index (χ4n) is 2.51. The highest BCUT2D eigenvalue weighted by Crippen LogP contribution is 2.34. The molecule has 0 radical (unpaired) electrons. The van der Waals surface area contributed by atoms with Gasteiger partial charge in [-0.2, -0.15) is 0 Å². The minimum absolute atomic E-state index is 0. The number of benzene rings is 2. The second kappa shape index (κ2) is 16.3. The van der Waals surface area contributed by atoms with E-state index in [0.717, 1.165) is 19.6 Å². The number of phenolic OH excluding ortho intramolecular Hbond substituents is 1. The minimum Gasteiger partial charge on any atom is -0.507 e. The Balaban J connectivity index is 0.000000658. The second-order valence-electron chi connectivity index (χ2n) is 5.83. The molecule has 0 aliphatic heterocycles. The molecule has 0 aromatic heterocycles. The van der Waals surface area contributed by atoms with Crippen molar-refractivity contribution in [2.75, 3.05) is 51.5 Å². The summed E-state index contributed by atoms with van der Waals surface area (Å²) in [5.74, 6) is 2.20. The van der Waals surface area contributed by atoms with Crippen LogP contribution in [0.4, 0.5) is 0 Å². The number of phenols is 1. The molecule has 0 bridgehead atoms. The summed E-state index contributed by atoms with van der Waals surface area (Å²) in [6, 6.07) is 11.7. The van der Waals surface area contributed by atoms with Gasteiger partial charge in [-0.25, -0.2) is 0 Å². The Kier molecular flexibility index (Phi) is 15.6. The monoisotopic (exact) mass is 497 g/mol. The lowest BCUT2D eigenvalue weighted by Crippen LogP contribution is -2.29. The molecule has 168 valence electrons. The van der Waals surface area contributed by atoms with Gasteiger partial charge in [-0.1, -0.05) is 30.3 Å². The molecule has 9 heteroatoms. The molecule has 0 atom stereocenters. The third-order valence-electron chi connectivity index (χ3n) is 3.98. The average molecular weight is 499 g/mol. The second-order valence-corrected chi connectivity index (χ2v) is 6.96. The largest absolute Gasteiger partial charge is 0.507 e. The number of aromatic hydroxyl groups is 1. The number of hydrogen-bond acceptors (Lipinski definition) is 5. The van der Waals surface area contributed by atoms with Gasteiger partial charge in [0.15, 0.2) is 0 Å². The lowest BCUT2D eigenvalue weighted by atomic mass is 10.0. The van der Waals surface area contributed by atoms with Crippen LogP contribution in [0.5, 0.6) is 17.2 Å². The number of carbonyl (C=O) groups excluding carboxylic acids is 1. The molecule has 0 heterocycles. The number of halogens is 4. The van der Waals surface area contributed by atoms with E-state index in [1.54, 1.807) is 30.3 Å². The lowest BCUT2D eigenvalue weighted by molar-refractivity contribution is 0.103. The first-order valence-corrected chi connectivity index (χ1v) is 10.6. The van der Waals surface area contributed by atoms with Gasteiger partial charge in [0.2, 0.25) is 5.78 Å². The van der Waals surface area contributed by atoms with Crippen LogP contribution in [0.15, 0.2) is 42.5 Å². The van der Waals surface area contributed by atoms with Crippen molar-refractivity contribution in [3.05, 3.63) is 53.6 Å². The number of rotatable bonds is 10. The number of hydrogen-bond donors (Lipinski definition) is 1. The summed E-state index contributed by atoms with van der Waals surface area (Å²) in [5, 5.41) is 9.99. The Hall–Kier alpha value is -1.37. The van der Waals surface area contributed by atoms with Crippen LogP contribution in [0.1, 0.15) is 15.9 Å². The van der Waals surface area contributed by atoms with Gasteiger partial charge in [-0.15, -0.1) is 47.2 Å². The number of carbonyl (C=O) groups is 1. The van der Waals surface area contributed by atoms with Crippen molar-refractivity contribution >= 4 is 53.0 Å². The quantitative estimate of drug-likeness (QED) is 0.366. The molecular weight excluding hydrogens is 472 g/mol. The first kappa shape index (κ1) is 28.6. The van der Waals surface area contributed by atoms with Crippen molar-refractivity contribution in [3.63, 3.8) is 0 Å². The molecule has 2 rings (SSSR count). The zero-order valence-electron chi connectivity index (χ0n) is 16.9. The van der Waals surface area contributed by atoms with Crippen molar-refractivity contribution in [1.29, 1.82) is 0 Å². The van der Waals surface area contributed by atoms with Gasteiger partial charge in [-0.3, -0.25) is 9.69 Å². The van der Waals surface area contributed by atoms with E-state index in [1.165, 1.54) is 20.3 Å². The van der Waals surface area contributed by atoms with E-state index in [0.29, 0.717) is 29.0 Å². The van der Waals surface area contributed by atoms with Gasteiger partial charge < -0.3 is 14.6 Å². The Morgan fingerprint density at radius 1 is 0.933 bits per heavy atom. The normalized spacial score (nSPS) is 9.93. The van der Waals surface area contributed by atoms with Crippen LogP contribution >= 0.6 is 47.2 Å². The molecule has 2 aromatic carbocycles. The molecule has 0 unspecified atom stereocenters.